The SMILES string of the molecule is CC1CCC(C2=CC(=O)CCC2)CC1. The predicted octanol–water partition coefficient (Wildman–Crippen LogP) is 3.49. The fourth-order valence-electron chi connectivity index (χ4n) is 2.77. The van der Waals surface area contributed by atoms with Gasteiger partial charge in [0.2, 0.25) is 0 Å². The van der Waals surface area contributed by atoms with Crippen LogP contribution in [-0.2, 0) is 4.79 Å². The maximum absolute atomic E-state index is 11.3. The molecule has 1 saturated carbocycles. The Hall–Kier alpha value is -0.590. The van der Waals surface area contributed by atoms with E-state index in [2.05, 4.69) is 6.92 Å². The number of rotatable bonds is 1. The fraction of sp³-hybridized carbons (Fsp3) is 0.769. The van der Waals surface area contributed by atoms with Crippen molar-refractivity contribution in [3.05, 3.63) is 11.6 Å². The van der Waals surface area contributed by atoms with Crippen molar-refractivity contribution in [2.24, 2.45) is 11.8 Å². The van der Waals surface area contributed by atoms with Crippen molar-refractivity contribution in [2.75, 3.05) is 0 Å². The van der Waals surface area contributed by atoms with Crippen LogP contribution in [0.2, 0.25) is 0 Å². The van der Waals surface area contributed by atoms with Gasteiger partial charge in [-0.2, -0.15) is 0 Å². The van der Waals surface area contributed by atoms with Crippen LogP contribution in [0.5, 0.6) is 0 Å². The van der Waals surface area contributed by atoms with E-state index in [-0.39, 0.29) is 0 Å². The van der Waals surface area contributed by atoms with E-state index in [9.17, 15) is 4.79 Å². The Morgan fingerprint density at radius 1 is 1.14 bits per heavy atom. The Morgan fingerprint density at radius 2 is 1.86 bits per heavy atom. The van der Waals surface area contributed by atoms with E-state index in [1.165, 1.54) is 37.7 Å². The van der Waals surface area contributed by atoms with E-state index in [1.54, 1.807) is 0 Å². The normalized spacial score (nSPS) is 34.1. The number of hydrogen-bond acceptors (Lipinski definition) is 1. The summed E-state index contributed by atoms with van der Waals surface area (Å²) >= 11 is 0. The zero-order valence-corrected chi connectivity index (χ0v) is 9.09. The van der Waals surface area contributed by atoms with Crippen LogP contribution in [0.1, 0.15) is 51.9 Å². The zero-order valence-electron chi connectivity index (χ0n) is 9.09. The lowest BCUT2D eigenvalue weighted by molar-refractivity contribution is -0.115. The molecule has 0 spiro atoms. The van der Waals surface area contributed by atoms with Crippen molar-refractivity contribution < 1.29 is 4.79 Å². The monoisotopic (exact) mass is 192 g/mol. The molecule has 2 aliphatic rings. The molecule has 14 heavy (non-hydrogen) atoms. The van der Waals surface area contributed by atoms with Gasteiger partial charge < -0.3 is 0 Å². The van der Waals surface area contributed by atoms with Gasteiger partial charge in [0, 0.05) is 6.42 Å². The second-order valence-corrected chi connectivity index (χ2v) is 5.00. The lowest BCUT2D eigenvalue weighted by Gasteiger charge is -2.29. The highest BCUT2D eigenvalue weighted by Crippen LogP contribution is 2.36. The molecule has 0 amide bonds. The first-order chi connectivity index (χ1) is 6.75. The van der Waals surface area contributed by atoms with Gasteiger partial charge in [0.25, 0.3) is 0 Å². The minimum atomic E-state index is 0.366. The van der Waals surface area contributed by atoms with E-state index in [0.717, 1.165) is 24.7 Å². The summed E-state index contributed by atoms with van der Waals surface area (Å²) < 4.78 is 0. The Balaban J connectivity index is 1.97. The van der Waals surface area contributed by atoms with Crippen molar-refractivity contribution in [1.29, 1.82) is 0 Å². The van der Waals surface area contributed by atoms with Gasteiger partial charge in [-0.3, -0.25) is 4.79 Å². The molecule has 0 aromatic rings. The Bertz CT molecular complexity index is 244. The average Bonchev–Trinajstić information content (AvgIpc) is 2.19. The van der Waals surface area contributed by atoms with Crippen LogP contribution in [0.15, 0.2) is 11.6 Å². The topological polar surface area (TPSA) is 17.1 Å². The lowest BCUT2D eigenvalue weighted by atomic mass is 9.76. The van der Waals surface area contributed by atoms with Crippen LogP contribution in [0.4, 0.5) is 0 Å². The molecule has 0 aliphatic heterocycles. The van der Waals surface area contributed by atoms with Crippen molar-refractivity contribution in [2.45, 2.75) is 51.9 Å². The van der Waals surface area contributed by atoms with Crippen LogP contribution in [0, 0.1) is 11.8 Å². The highest BCUT2D eigenvalue weighted by molar-refractivity contribution is 5.91. The predicted molar refractivity (Wildman–Crippen MR) is 58.1 cm³/mol. The molecule has 0 aromatic carbocycles. The van der Waals surface area contributed by atoms with Crippen LogP contribution >= 0.6 is 0 Å². The highest BCUT2D eigenvalue weighted by Gasteiger charge is 2.23. The Labute approximate surface area is 86.6 Å². The smallest absolute Gasteiger partial charge is 0.155 e. The Morgan fingerprint density at radius 3 is 2.50 bits per heavy atom. The number of ketones is 1. The van der Waals surface area contributed by atoms with E-state index < -0.39 is 0 Å². The zero-order chi connectivity index (χ0) is 9.97. The van der Waals surface area contributed by atoms with Crippen molar-refractivity contribution in [1.82, 2.24) is 0 Å². The number of allylic oxidation sites excluding steroid dienone is 2. The van der Waals surface area contributed by atoms with Gasteiger partial charge in [-0.25, -0.2) is 0 Å². The third-order valence-corrected chi connectivity index (χ3v) is 3.78. The molecule has 2 aliphatic carbocycles. The maximum Gasteiger partial charge on any atom is 0.155 e. The first-order valence-corrected chi connectivity index (χ1v) is 5.99. The average molecular weight is 192 g/mol. The molecule has 0 N–H and O–H groups in total. The van der Waals surface area contributed by atoms with Gasteiger partial charge in [0.15, 0.2) is 5.78 Å². The molecule has 1 fully saturated rings. The number of carbonyl (C=O) groups is 1. The summed E-state index contributed by atoms with van der Waals surface area (Å²) in [7, 11) is 0. The molecule has 0 saturated heterocycles. The van der Waals surface area contributed by atoms with E-state index in [0.29, 0.717) is 5.78 Å². The van der Waals surface area contributed by atoms with Crippen molar-refractivity contribution in [3.8, 4) is 0 Å². The summed E-state index contributed by atoms with van der Waals surface area (Å²) in [6.45, 7) is 2.34. The van der Waals surface area contributed by atoms with Crippen LogP contribution in [-0.4, -0.2) is 5.78 Å². The van der Waals surface area contributed by atoms with Gasteiger partial charge in [0.05, 0.1) is 0 Å². The second kappa shape index (κ2) is 4.29. The van der Waals surface area contributed by atoms with Crippen molar-refractivity contribution >= 4 is 5.78 Å². The van der Waals surface area contributed by atoms with Gasteiger partial charge in [-0.05, 0) is 43.6 Å². The summed E-state index contributed by atoms with van der Waals surface area (Å²) in [6.07, 6.45) is 10.4. The molecule has 0 heterocycles. The summed E-state index contributed by atoms with van der Waals surface area (Å²) in [6, 6.07) is 0. The molecule has 0 bridgehead atoms. The van der Waals surface area contributed by atoms with Crippen LogP contribution in [0.25, 0.3) is 0 Å². The van der Waals surface area contributed by atoms with Crippen LogP contribution < -0.4 is 0 Å². The summed E-state index contributed by atoms with van der Waals surface area (Å²) in [4.78, 5) is 11.3. The molecule has 0 unspecified atom stereocenters. The van der Waals surface area contributed by atoms with E-state index in [4.69, 9.17) is 0 Å². The maximum atomic E-state index is 11.3. The molecule has 0 atom stereocenters. The molecule has 1 nitrogen and oxygen atoms in total. The quantitative estimate of drug-likeness (QED) is 0.621. The number of carbonyl (C=O) groups excluding carboxylic acids is 1. The number of hydrogen-bond donors (Lipinski definition) is 0. The fourth-order valence-corrected chi connectivity index (χ4v) is 2.77. The first kappa shape index (κ1) is 9.95. The highest BCUT2D eigenvalue weighted by atomic mass is 16.1. The second-order valence-electron chi connectivity index (χ2n) is 5.00. The lowest BCUT2D eigenvalue weighted by Crippen LogP contribution is -2.17. The molecular formula is C13H20O. The van der Waals surface area contributed by atoms with Gasteiger partial charge in [0.1, 0.15) is 0 Å². The third kappa shape index (κ3) is 2.26. The standard InChI is InChI=1S/C13H20O/c1-10-5-7-11(8-6-10)12-3-2-4-13(14)9-12/h9-11H,2-8H2,1H3. The molecule has 2 rings (SSSR count). The molecule has 78 valence electrons. The van der Waals surface area contributed by atoms with E-state index in [1.807, 2.05) is 6.08 Å². The van der Waals surface area contributed by atoms with Gasteiger partial charge in [-0.15, -0.1) is 0 Å². The van der Waals surface area contributed by atoms with E-state index >= 15 is 0 Å². The largest absolute Gasteiger partial charge is 0.295 e. The first-order valence-electron chi connectivity index (χ1n) is 5.99. The van der Waals surface area contributed by atoms with Gasteiger partial charge >= 0.3 is 0 Å². The van der Waals surface area contributed by atoms with Gasteiger partial charge in [-0.1, -0.05) is 25.3 Å². The Kier molecular flexibility index (Phi) is 3.05. The summed E-state index contributed by atoms with van der Waals surface area (Å²) in [5.74, 6) is 2.02. The summed E-state index contributed by atoms with van der Waals surface area (Å²) in [5, 5.41) is 0. The molecule has 0 aromatic heterocycles. The molecular weight excluding hydrogens is 172 g/mol. The molecule has 1 heteroatoms. The third-order valence-electron chi connectivity index (χ3n) is 3.78. The minimum absolute atomic E-state index is 0.366. The van der Waals surface area contributed by atoms with Crippen LogP contribution in [0.3, 0.4) is 0 Å². The minimum Gasteiger partial charge on any atom is -0.295 e. The summed E-state index contributed by atoms with van der Waals surface area (Å²) in [5.41, 5.74) is 1.47. The van der Waals surface area contributed by atoms with Crippen molar-refractivity contribution in [3.63, 3.8) is 0 Å². The molecule has 0 radical (unpaired) electrons.